The molecule has 66 valence electrons. The second kappa shape index (κ2) is 3.81. The van der Waals surface area contributed by atoms with Crippen molar-refractivity contribution in [2.24, 2.45) is 4.36 Å². The Morgan fingerprint density at radius 3 is 2.58 bits per heavy atom. The van der Waals surface area contributed by atoms with Crippen molar-refractivity contribution in [3.63, 3.8) is 0 Å². The van der Waals surface area contributed by atoms with Gasteiger partial charge >= 0.3 is 0 Å². The summed E-state index contributed by atoms with van der Waals surface area (Å²) < 4.78 is 4.49. The van der Waals surface area contributed by atoms with Gasteiger partial charge in [0, 0.05) is 6.20 Å². The molecule has 0 fully saturated rings. The lowest BCUT2D eigenvalue weighted by Crippen LogP contribution is -1.85. The van der Waals surface area contributed by atoms with E-state index in [2.05, 4.69) is 27.9 Å². The molecule has 1 aromatic heterocycles. The van der Waals surface area contributed by atoms with Gasteiger partial charge in [0.25, 0.3) is 0 Å². The van der Waals surface area contributed by atoms with E-state index in [1.54, 1.807) is 0 Å². The molecule has 0 aliphatic heterocycles. The van der Waals surface area contributed by atoms with Gasteiger partial charge < -0.3 is 0 Å². The fraction of sp³-hybridized carbons (Fsp3) is 0.444. The molecule has 2 nitrogen and oxygen atoms in total. The Morgan fingerprint density at radius 1 is 1.33 bits per heavy atom. The van der Waals surface area contributed by atoms with E-state index in [0.717, 1.165) is 11.4 Å². The van der Waals surface area contributed by atoms with E-state index in [1.807, 2.05) is 20.0 Å². The lowest BCUT2D eigenvalue weighted by Gasteiger charge is -2.00. The van der Waals surface area contributed by atoms with Crippen LogP contribution in [0.3, 0.4) is 0 Å². The van der Waals surface area contributed by atoms with Gasteiger partial charge in [-0.1, -0.05) is 0 Å². The van der Waals surface area contributed by atoms with Crippen LogP contribution in [0.25, 0.3) is 0 Å². The smallest absolute Gasteiger partial charge is 0.0917 e. The van der Waals surface area contributed by atoms with Crippen LogP contribution in [0.4, 0.5) is 5.69 Å². The number of nitrogens with zero attached hydrogens (tertiary/aromatic N) is 2. The molecule has 0 spiro atoms. The Hall–Kier alpha value is -0.700. The molecule has 0 bridgehead atoms. The minimum absolute atomic E-state index is 0.0999. The maximum atomic E-state index is 4.49. The molecule has 1 heterocycles. The number of aryl methyl sites for hydroxylation is 2. The van der Waals surface area contributed by atoms with Crippen LogP contribution in [0.1, 0.15) is 11.3 Å². The lowest BCUT2D eigenvalue weighted by molar-refractivity contribution is 1.16. The summed E-state index contributed by atoms with van der Waals surface area (Å²) >= 11 is 0. The Morgan fingerprint density at radius 2 is 2.00 bits per heavy atom. The number of pyridine rings is 1. The average molecular weight is 182 g/mol. The Kier molecular flexibility index (Phi) is 2.98. The molecular formula is C9H14N2S. The van der Waals surface area contributed by atoms with Gasteiger partial charge in [0.05, 0.1) is 11.4 Å². The minimum Gasteiger partial charge on any atom is -0.259 e. The first-order valence-corrected chi connectivity index (χ1v) is 5.82. The zero-order valence-electron chi connectivity index (χ0n) is 7.96. The number of aromatic nitrogens is 1. The molecule has 0 atom stereocenters. The van der Waals surface area contributed by atoms with Gasteiger partial charge in [0.15, 0.2) is 0 Å². The van der Waals surface area contributed by atoms with E-state index >= 15 is 0 Å². The van der Waals surface area contributed by atoms with Crippen LogP contribution in [-0.4, -0.2) is 17.5 Å². The topological polar surface area (TPSA) is 25.2 Å². The highest BCUT2D eigenvalue weighted by atomic mass is 32.2. The third-order valence-corrected chi connectivity index (χ3v) is 2.04. The summed E-state index contributed by atoms with van der Waals surface area (Å²) in [5.41, 5.74) is 3.22. The van der Waals surface area contributed by atoms with Gasteiger partial charge in [-0.15, -0.1) is 10.7 Å². The summed E-state index contributed by atoms with van der Waals surface area (Å²) in [6, 6.07) is 2.08. The van der Waals surface area contributed by atoms with E-state index in [9.17, 15) is 0 Å². The molecule has 0 radical (unpaired) electrons. The summed E-state index contributed by atoms with van der Waals surface area (Å²) in [6.45, 7) is 4.03. The molecule has 0 saturated carbocycles. The van der Waals surface area contributed by atoms with Gasteiger partial charge in [0.1, 0.15) is 0 Å². The highest BCUT2D eigenvalue weighted by Gasteiger charge is 1.96. The Balaban J connectivity index is 3.14. The van der Waals surface area contributed by atoms with Gasteiger partial charge in [0.2, 0.25) is 0 Å². The van der Waals surface area contributed by atoms with Crippen LogP contribution in [-0.2, 0) is 10.7 Å². The zero-order chi connectivity index (χ0) is 9.14. The van der Waals surface area contributed by atoms with Crippen molar-refractivity contribution >= 4 is 16.4 Å². The maximum Gasteiger partial charge on any atom is 0.0917 e. The third kappa shape index (κ3) is 2.41. The predicted octanol–water partition coefficient (Wildman–Crippen LogP) is 2.39. The quantitative estimate of drug-likeness (QED) is 0.654. The fourth-order valence-corrected chi connectivity index (χ4v) is 1.49. The van der Waals surface area contributed by atoms with E-state index in [1.165, 1.54) is 5.56 Å². The molecular weight excluding hydrogens is 168 g/mol. The molecule has 0 unspecified atom stereocenters. The van der Waals surface area contributed by atoms with Gasteiger partial charge in [-0.25, -0.2) is 4.36 Å². The van der Waals surface area contributed by atoms with Crippen molar-refractivity contribution in [1.82, 2.24) is 4.98 Å². The monoisotopic (exact) mass is 182 g/mol. The second-order valence-electron chi connectivity index (χ2n) is 2.98. The minimum atomic E-state index is 0.0999. The highest BCUT2D eigenvalue weighted by molar-refractivity contribution is 7.85. The van der Waals surface area contributed by atoms with Crippen molar-refractivity contribution < 1.29 is 0 Å². The Bertz CT molecular complexity index is 314. The molecule has 0 aromatic carbocycles. The van der Waals surface area contributed by atoms with Crippen LogP contribution >= 0.6 is 0 Å². The van der Waals surface area contributed by atoms with Crippen molar-refractivity contribution in [2.75, 3.05) is 12.5 Å². The zero-order valence-corrected chi connectivity index (χ0v) is 8.77. The first-order valence-electron chi connectivity index (χ1n) is 3.82. The van der Waals surface area contributed by atoms with Gasteiger partial charge in [-0.2, -0.15) is 0 Å². The molecule has 0 saturated heterocycles. The molecule has 0 aliphatic rings. The third-order valence-electron chi connectivity index (χ3n) is 1.48. The molecule has 1 rings (SSSR count). The van der Waals surface area contributed by atoms with Crippen LogP contribution in [0.15, 0.2) is 16.6 Å². The maximum absolute atomic E-state index is 4.49. The largest absolute Gasteiger partial charge is 0.259 e. The SMILES string of the molecule is Cc1cnc(C)c(N=S(C)C)c1. The van der Waals surface area contributed by atoms with E-state index in [0.29, 0.717) is 0 Å². The first kappa shape index (κ1) is 9.39. The second-order valence-corrected chi connectivity index (χ2v) is 4.71. The lowest BCUT2D eigenvalue weighted by atomic mass is 10.2. The standard InChI is InChI=1S/C9H14N2S/c1-7-5-9(11-12(3)4)8(2)10-6-7/h5-6H,1-4H3. The first-order chi connectivity index (χ1) is 5.59. The van der Waals surface area contributed by atoms with Crippen molar-refractivity contribution in [3.05, 3.63) is 23.5 Å². The highest BCUT2D eigenvalue weighted by Crippen LogP contribution is 2.17. The van der Waals surface area contributed by atoms with Crippen molar-refractivity contribution in [3.8, 4) is 0 Å². The molecule has 0 aliphatic carbocycles. The molecule has 3 heteroatoms. The van der Waals surface area contributed by atoms with Crippen LogP contribution in [0.5, 0.6) is 0 Å². The fourth-order valence-electron chi connectivity index (χ4n) is 0.911. The summed E-state index contributed by atoms with van der Waals surface area (Å²) in [7, 11) is 0.0999. The van der Waals surface area contributed by atoms with Gasteiger partial charge in [-0.05, 0) is 38.0 Å². The number of hydrogen-bond acceptors (Lipinski definition) is 2. The normalized spacial score (nSPS) is 10.4. The number of hydrogen-bond donors (Lipinski definition) is 0. The molecule has 1 aromatic rings. The number of rotatable bonds is 1. The van der Waals surface area contributed by atoms with Crippen molar-refractivity contribution in [1.29, 1.82) is 0 Å². The summed E-state index contributed by atoms with van der Waals surface area (Å²) in [6.07, 6.45) is 6.07. The molecule has 0 N–H and O–H groups in total. The van der Waals surface area contributed by atoms with Crippen molar-refractivity contribution in [2.45, 2.75) is 13.8 Å². The summed E-state index contributed by atoms with van der Waals surface area (Å²) in [4.78, 5) is 4.24. The van der Waals surface area contributed by atoms with Crippen LogP contribution in [0, 0.1) is 13.8 Å². The van der Waals surface area contributed by atoms with E-state index in [4.69, 9.17) is 0 Å². The summed E-state index contributed by atoms with van der Waals surface area (Å²) in [5.74, 6) is 0. The van der Waals surface area contributed by atoms with E-state index in [-0.39, 0.29) is 10.7 Å². The van der Waals surface area contributed by atoms with E-state index < -0.39 is 0 Å². The average Bonchev–Trinajstić information content (AvgIpc) is 1.96. The Labute approximate surface area is 76.1 Å². The van der Waals surface area contributed by atoms with Gasteiger partial charge in [-0.3, -0.25) is 4.98 Å². The molecule has 12 heavy (non-hydrogen) atoms. The predicted molar refractivity (Wildman–Crippen MR) is 55.0 cm³/mol. The molecule has 0 amide bonds. The van der Waals surface area contributed by atoms with Crippen LogP contribution in [0.2, 0.25) is 0 Å². The summed E-state index contributed by atoms with van der Waals surface area (Å²) in [5, 5.41) is 0. The van der Waals surface area contributed by atoms with Crippen LogP contribution < -0.4 is 0 Å².